The van der Waals surface area contributed by atoms with Crippen LogP contribution >= 0.6 is 0 Å². The monoisotopic (exact) mass is 294 g/mol. The lowest BCUT2D eigenvalue weighted by molar-refractivity contribution is -0.137. The lowest BCUT2D eigenvalue weighted by atomic mass is 10.1. The van der Waals surface area contributed by atoms with Gasteiger partial charge < -0.3 is 4.74 Å². The third-order valence-electron chi connectivity index (χ3n) is 2.73. The number of nitrogens with one attached hydrogen (secondary N) is 1. The molecule has 2 aromatic rings. The molecule has 0 saturated carbocycles. The number of hydrogen-bond donors (Lipinski definition) is 1. The smallest absolute Gasteiger partial charge is 0.416 e. The van der Waals surface area contributed by atoms with E-state index in [1.807, 2.05) is 18.2 Å². The molecule has 0 fully saturated rings. The van der Waals surface area contributed by atoms with E-state index in [-0.39, 0.29) is 5.56 Å². The Morgan fingerprint density at radius 1 is 1.10 bits per heavy atom. The van der Waals surface area contributed by atoms with Crippen molar-refractivity contribution < 1.29 is 17.9 Å². The fraction of sp³-hybridized carbons (Fsp3) is 0.133. The third kappa shape index (κ3) is 3.98. The van der Waals surface area contributed by atoms with Gasteiger partial charge in [-0.25, -0.2) is 0 Å². The lowest BCUT2D eigenvalue weighted by Gasteiger charge is -2.10. The van der Waals surface area contributed by atoms with Crippen LogP contribution in [0.15, 0.2) is 53.6 Å². The van der Waals surface area contributed by atoms with E-state index >= 15 is 0 Å². The molecule has 0 heterocycles. The topological polar surface area (TPSA) is 33.6 Å². The number of anilines is 1. The molecule has 0 aliphatic rings. The first-order valence-corrected chi connectivity index (χ1v) is 6.10. The van der Waals surface area contributed by atoms with Gasteiger partial charge in [-0.15, -0.1) is 0 Å². The zero-order valence-electron chi connectivity index (χ0n) is 11.2. The van der Waals surface area contributed by atoms with Crippen LogP contribution < -0.4 is 10.2 Å². The highest BCUT2D eigenvalue weighted by Gasteiger charge is 2.30. The molecule has 21 heavy (non-hydrogen) atoms. The van der Waals surface area contributed by atoms with Crippen molar-refractivity contribution in [2.75, 3.05) is 12.5 Å². The standard InChI is InChI=1S/C15H13F3N2O/c1-21-14-8-7-12(15(16,17)18)9-11(14)10-19-20-13-5-3-2-4-6-13/h2-10,20H,1H3. The van der Waals surface area contributed by atoms with Gasteiger partial charge >= 0.3 is 6.18 Å². The van der Waals surface area contributed by atoms with Crippen LogP contribution in [0.1, 0.15) is 11.1 Å². The predicted octanol–water partition coefficient (Wildman–Crippen LogP) is 4.16. The number of halogens is 3. The summed E-state index contributed by atoms with van der Waals surface area (Å²) in [5, 5.41) is 3.92. The van der Waals surface area contributed by atoms with Crippen LogP contribution in [-0.4, -0.2) is 13.3 Å². The Kier molecular flexibility index (Phi) is 4.47. The van der Waals surface area contributed by atoms with Gasteiger partial charge in [0, 0.05) is 5.56 Å². The van der Waals surface area contributed by atoms with E-state index < -0.39 is 11.7 Å². The average molecular weight is 294 g/mol. The predicted molar refractivity (Wildman–Crippen MR) is 75.7 cm³/mol. The summed E-state index contributed by atoms with van der Waals surface area (Å²) in [5.41, 5.74) is 2.97. The Labute approximate surface area is 120 Å². The van der Waals surface area contributed by atoms with Gasteiger partial charge in [-0.05, 0) is 30.3 Å². The van der Waals surface area contributed by atoms with Crippen molar-refractivity contribution in [3.63, 3.8) is 0 Å². The number of para-hydroxylation sites is 1. The minimum absolute atomic E-state index is 0.246. The van der Waals surface area contributed by atoms with E-state index in [0.29, 0.717) is 5.75 Å². The molecule has 110 valence electrons. The van der Waals surface area contributed by atoms with Gasteiger partial charge in [0.05, 0.1) is 24.6 Å². The molecule has 0 aliphatic heterocycles. The summed E-state index contributed by atoms with van der Waals surface area (Å²) in [7, 11) is 1.39. The van der Waals surface area contributed by atoms with Crippen LogP contribution in [0.25, 0.3) is 0 Å². The highest BCUT2D eigenvalue weighted by atomic mass is 19.4. The van der Waals surface area contributed by atoms with Gasteiger partial charge in [0.1, 0.15) is 5.75 Å². The van der Waals surface area contributed by atoms with Gasteiger partial charge in [-0.2, -0.15) is 18.3 Å². The second-order valence-corrected chi connectivity index (χ2v) is 4.19. The van der Waals surface area contributed by atoms with Gasteiger partial charge in [0.25, 0.3) is 0 Å². The van der Waals surface area contributed by atoms with Crippen molar-refractivity contribution in [2.24, 2.45) is 5.10 Å². The van der Waals surface area contributed by atoms with Gasteiger partial charge in [-0.3, -0.25) is 5.43 Å². The summed E-state index contributed by atoms with van der Waals surface area (Å²) in [4.78, 5) is 0. The minimum Gasteiger partial charge on any atom is -0.496 e. The molecular weight excluding hydrogens is 281 g/mol. The SMILES string of the molecule is COc1ccc(C(F)(F)F)cc1C=NNc1ccccc1. The first-order chi connectivity index (χ1) is 10.0. The first-order valence-electron chi connectivity index (χ1n) is 6.10. The Bertz CT molecular complexity index is 625. The van der Waals surface area contributed by atoms with Crippen molar-refractivity contribution in [2.45, 2.75) is 6.18 Å². The van der Waals surface area contributed by atoms with Crippen molar-refractivity contribution in [3.8, 4) is 5.75 Å². The second kappa shape index (κ2) is 6.30. The van der Waals surface area contributed by atoms with E-state index in [9.17, 15) is 13.2 Å². The zero-order chi connectivity index (χ0) is 15.3. The molecule has 0 radical (unpaired) electrons. The largest absolute Gasteiger partial charge is 0.496 e. The number of ether oxygens (including phenoxy) is 1. The summed E-state index contributed by atoms with van der Waals surface area (Å²) in [5.74, 6) is 0.321. The Hall–Kier alpha value is -2.50. The van der Waals surface area contributed by atoms with Crippen LogP contribution in [0.5, 0.6) is 5.75 Å². The van der Waals surface area contributed by atoms with E-state index in [4.69, 9.17) is 4.74 Å². The molecule has 0 amide bonds. The van der Waals surface area contributed by atoms with Crippen LogP contribution in [0, 0.1) is 0 Å². The first kappa shape index (κ1) is 14.9. The number of hydrogen-bond acceptors (Lipinski definition) is 3. The maximum Gasteiger partial charge on any atom is 0.416 e. The number of benzene rings is 2. The summed E-state index contributed by atoms with van der Waals surface area (Å²) in [6.07, 6.45) is -3.11. The molecule has 0 bridgehead atoms. The van der Waals surface area contributed by atoms with E-state index in [2.05, 4.69) is 10.5 Å². The summed E-state index contributed by atoms with van der Waals surface area (Å²) in [6.45, 7) is 0. The number of alkyl halides is 3. The Morgan fingerprint density at radius 2 is 1.81 bits per heavy atom. The lowest BCUT2D eigenvalue weighted by Crippen LogP contribution is -2.06. The van der Waals surface area contributed by atoms with E-state index in [0.717, 1.165) is 17.8 Å². The van der Waals surface area contributed by atoms with Gasteiger partial charge in [0.15, 0.2) is 0 Å². The minimum atomic E-state index is -4.40. The van der Waals surface area contributed by atoms with Crippen LogP contribution in [0.2, 0.25) is 0 Å². The second-order valence-electron chi connectivity index (χ2n) is 4.19. The number of rotatable bonds is 4. The highest BCUT2D eigenvalue weighted by molar-refractivity contribution is 5.84. The van der Waals surface area contributed by atoms with Crippen molar-refractivity contribution >= 4 is 11.9 Å². The molecular formula is C15H13F3N2O. The average Bonchev–Trinajstić information content (AvgIpc) is 2.47. The summed E-state index contributed by atoms with van der Waals surface area (Å²) < 4.78 is 43.1. The Balaban J connectivity index is 2.21. The quantitative estimate of drug-likeness (QED) is 0.678. The third-order valence-corrected chi connectivity index (χ3v) is 2.73. The van der Waals surface area contributed by atoms with E-state index in [1.165, 1.54) is 19.4 Å². The molecule has 2 rings (SSSR count). The van der Waals surface area contributed by atoms with Crippen LogP contribution in [0.3, 0.4) is 0 Å². The fourth-order valence-electron chi connectivity index (χ4n) is 1.70. The molecule has 6 heteroatoms. The summed E-state index contributed by atoms with van der Waals surface area (Å²) in [6, 6.07) is 12.3. The molecule has 2 aromatic carbocycles. The zero-order valence-corrected chi connectivity index (χ0v) is 11.2. The number of hydrazone groups is 1. The van der Waals surface area contributed by atoms with Crippen molar-refractivity contribution in [1.82, 2.24) is 0 Å². The summed E-state index contributed by atoms with van der Waals surface area (Å²) >= 11 is 0. The number of methoxy groups -OCH3 is 1. The highest BCUT2D eigenvalue weighted by Crippen LogP contribution is 2.31. The fourth-order valence-corrected chi connectivity index (χ4v) is 1.70. The molecule has 0 unspecified atom stereocenters. The van der Waals surface area contributed by atoms with Gasteiger partial charge in [0.2, 0.25) is 0 Å². The molecule has 0 spiro atoms. The van der Waals surface area contributed by atoms with Crippen LogP contribution in [0.4, 0.5) is 18.9 Å². The molecule has 0 atom stereocenters. The van der Waals surface area contributed by atoms with Crippen molar-refractivity contribution in [1.29, 1.82) is 0 Å². The van der Waals surface area contributed by atoms with Gasteiger partial charge in [-0.1, -0.05) is 18.2 Å². The molecule has 0 saturated heterocycles. The maximum atomic E-state index is 12.7. The normalized spacial score (nSPS) is 11.6. The van der Waals surface area contributed by atoms with Crippen LogP contribution in [-0.2, 0) is 6.18 Å². The van der Waals surface area contributed by atoms with Crippen molar-refractivity contribution in [3.05, 3.63) is 59.7 Å². The van der Waals surface area contributed by atoms with E-state index in [1.54, 1.807) is 12.1 Å². The number of nitrogens with zero attached hydrogens (tertiary/aromatic N) is 1. The maximum absolute atomic E-state index is 12.7. The molecule has 0 aliphatic carbocycles. The molecule has 1 N–H and O–H groups in total. The molecule has 0 aromatic heterocycles. The molecule has 3 nitrogen and oxygen atoms in total. The Morgan fingerprint density at radius 3 is 2.43 bits per heavy atom.